The van der Waals surface area contributed by atoms with Crippen LogP contribution in [0.5, 0.6) is 0 Å². The molecule has 0 heterocycles. The molecule has 0 radical (unpaired) electrons. The third-order valence-electron chi connectivity index (χ3n) is 2.32. The van der Waals surface area contributed by atoms with Gasteiger partial charge < -0.3 is 10.2 Å². The lowest BCUT2D eigenvalue weighted by molar-refractivity contribution is -0.130. The van der Waals surface area contributed by atoms with Crippen LogP contribution in [-0.4, -0.2) is 49.7 Å². The second kappa shape index (κ2) is 8.56. The van der Waals surface area contributed by atoms with Gasteiger partial charge in [-0.2, -0.15) is 0 Å². The molecule has 0 saturated carbocycles. The second-order valence-electron chi connectivity index (χ2n) is 3.85. The zero-order valence-corrected chi connectivity index (χ0v) is 9.95. The van der Waals surface area contributed by atoms with Gasteiger partial charge in [0.2, 0.25) is 5.78 Å². The molecular formula is C11H22N2O2. The number of rotatable bonds is 9. The van der Waals surface area contributed by atoms with Crippen molar-refractivity contribution in [2.24, 2.45) is 0 Å². The maximum absolute atomic E-state index is 10.9. The molecule has 0 spiro atoms. The first-order chi connectivity index (χ1) is 7.11. The van der Waals surface area contributed by atoms with Gasteiger partial charge in [-0.15, -0.1) is 0 Å². The van der Waals surface area contributed by atoms with Gasteiger partial charge in [-0.3, -0.25) is 9.59 Å². The van der Waals surface area contributed by atoms with Crippen molar-refractivity contribution in [2.75, 3.05) is 26.7 Å². The van der Waals surface area contributed by atoms with Crippen LogP contribution in [0.4, 0.5) is 0 Å². The van der Waals surface area contributed by atoms with Crippen LogP contribution in [0.1, 0.15) is 26.7 Å². The molecule has 88 valence electrons. The van der Waals surface area contributed by atoms with Crippen molar-refractivity contribution < 1.29 is 9.59 Å². The van der Waals surface area contributed by atoms with Gasteiger partial charge in [0.25, 0.3) is 0 Å². The molecule has 15 heavy (non-hydrogen) atoms. The molecule has 0 amide bonds. The molecule has 0 rings (SSSR count). The number of nitrogens with one attached hydrogen (secondary N) is 1. The number of hydrogen-bond acceptors (Lipinski definition) is 4. The van der Waals surface area contributed by atoms with E-state index in [1.165, 1.54) is 0 Å². The van der Waals surface area contributed by atoms with Crippen molar-refractivity contribution in [1.29, 1.82) is 0 Å². The van der Waals surface area contributed by atoms with Crippen molar-refractivity contribution in [3.8, 4) is 0 Å². The largest absolute Gasteiger partial charge is 0.307 e. The van der Waals surface area contributed by atoms with Gasteiger partial charge in [-0.25, -0.2) is 0 Å². The van der Waals surface area contributed by atoms with E-state index in [-0.39, 0.29) is 11.8 Å². The highest BCUT2D eigenvalue weighted by Crippen LogP contribution is 1.90. The zero-order chi connectivity index (χ0) is 11.7. The Labute approximate surface area is 92.0 Å². The van der Waals surface area contributed by atoms with Crippen LogP contribution in [0, 0.1) is 0 Å². The van der Waals surface area contributed by atoms with Crippen molar-refractivity contribution in [3.63, 3.8) is 0 Å². The first-order valence-electron chi connectivity index (χ1n) is 5.52. The van der Waals surface area contributed by atoms with Crippen LogP contribution in [0.15, 0.2) is 0 Å². The van der Waals surface area contributed by atoms with Gasteiger partial charge in [-0.05, 0) is 46.4 Å². The minimum absolute atomic E-state index is 0.348. The first-order valence-corrected chi connectivity index (χ1v) is 5.52. The number of carbonyl (C=O) groups is 2. The van der Waals surface area contributed by atoms with Crippen molar-refractivity contribution in [1.82, 2.24) is 10.2 Å². The molecule has 0 saturated heterocycles. The predicted octanol–water partition coefficient (Wildman–Crippen LogP) is 0.464. The Morgan fingerprint density at radius 3 is 2.67 bits per heavy atom. The van der Waals surface area contributed by atoms with Crippen LogP contribution in [0.2, 0.25) is 0 Å². The Hall–Kier alpha value is -0.740. The third kappa shape index (κ3) is 7.22. The number of Topliss-reactive ketones (excluding diaryl/α,β-unsaturated/α-hetero) is 1. The van der Waals surface area contributed by atoms with E-state index >= 15 is 0 Å². The van der Waals surface area contributed by atoms with E-state index in [0.717, 1.165) is 32.5 Å². The molecule has 1 N–H and O–H groups in total. The van der Waals surface area contributed by atoms with Crippen molar-refractivity contribution >= 4 is 12.1 Å². The van der Waals surface area contributed by atoms with E-state index in [0.29, 0.717) is 6.29 Å². The van der Waals surface area contributed by atoms with E-state index in [1.54, 1.807) is 6.92 Å². The molecule has 4 nitrogen and oxygen atoms in total. The highest BCUT2D eigenvalue weighted by Gasteiger charge is 2.09. The minimum atomic E-state index is -0.378. The molecule has 4 heteroatoms. The average Bonchev–Trinajstić information content (AvgIpc) is 2.23. The predicted molar refractivity (Wildman–Crippen MR) is 60.9 cm³/mol. The Balaban J connectivity index is 3.45. The summed E-state index contributed by atoms with van der Waals surface area (Å²) in [5, 5.41) is 3.02. The molecule has 0 fully saturated rings. The molecule has 0 aromatic heterocycles. The molecule has 0 aliphatic heterocycles. The number of nitrogens with zero attached hydrogens (tertiary/aromatic N) is 1. The molecule has 0 aromatic rings. The highest BCUT2D eigenvalue weighted by atomic mass is 16.2. The smallest absolute Gasteiger partial charge is 0.211 e. The Bertz CT molecular complexity index is 195. The van der Waals surface area contributed by atoms with E-state index in [2.05, 4.69) is 24.2 Å². The summed E-state index contributed by atoms with van der Waals surface area (Å²) >= 11 is 0. The molecule has 0 bridgehead atoms. The van der Waals surface area contributed by atoms with Crippen LogP contribution in [0.25, 0.3) is 0 Å². The number of carbonyl (C=O) groups excluding carboxylic acids is 2. The summed E-state index contributed by atoms with van der Waals surface area (Å²) in [6.45, 7) is 6.76. The maximum Gasteiger partial charge on any atom is 0.211 e. The zero-order valence-electron chi connectivity index (χ0n) is 9.95. The topological polar surface area (TPSA) is 49.4 Å². The molecule has 1 unspecified atom stereocenters. The fourth-order valence-electron chi connectivity index (χ4n) is 1.36. The van der Waals surface area contributed by atoms with E-state index in [4.69, 9.17) is 0 Å². The van der Waals surface area contributed by atoms with Gasteiger partial charge >= 0.3 is 0 Å². The van der Waals surface area contributed by atoms with Crippen LogP contribution < -0.4 is 5.32 Å². The second-order valence-corrected chi connectivity index (χ2v) is 3.85. The van der Waals surface area contributed by atoms with Gasteiger partial charge in [0.1, 0.15) is 0 Å². The summed E-state index contributed by atoms with van der Waals surface area (Å²) in [6, 6.07) is -0.348. The fourth-order valence-corrected chi connectivity index (χ4v) is 1.36. The van der Waals surface area contributed by atoms with E-state index in [9.17, 15) is 9.59 Å². The van der Waals surface area contributed by atoms with Gasteiger partial charge in [0, 0.05) is 0 Å². The lowest BCUT2D eigenvalue weighted by Crippen LogP contribution is -2.36. The van der Waals surface area contributed by atoms with E-state index in [1.807, 2.05) is 0 Å². The third-order valence-corrected chi connectivity index (χ3v) is 2.32. The summed E-state index contributed by atoms with van der Waals surface area (Å²) in [5.41, 5.74) is 0. The van der Waals surface area contributed by atoms with Crippen LogP contribution >= 0.6 is 0 Å². The van der Waals surface area contributed by atoms with E-state index < -0.39 is 0 Å². The number of aldehydes is 1. The molecular weight excluding hydrogens is 192 g/mol. The lowest BCUT2D eigenvalue weighted by Gasteiger charge is -2.16. The molecule has 1 atom stereocenters. The van der Waals surface area contributed by atoms with Crippen LogP contribution in [0.3, 0.4) is 0 Å². The summed E-state index contributed by atoms with van der Waals surface area (Å²) in [7, 11) is 2.09. The first kappa shape index (κ1) is 14.3. The normalized spacial score (nSPS) is 12.8. The SMILES string of the molecule is CCCN(C)CCCNC(C)C(=O)C=O. The Kier molecular flexibility index (Phi) is 8.14. The fraction of sp³-hybridized carbons (Fsp3) is 0.818. The lowest BCUT2D eigenvalue weighted by atomic mass is 10.2. The van der Waals surface area contributed by atoms with Crippen molar-refractivity contribution in [2.45, 2.75) is 32.7 Å². The number of hydrogen-bond donors (Lipinski definition) is 1. The summed E-state index contributed by atoms with van der Waals surface area (Å²) < 4.78 is 0. The molecule has 0 aliphatic rings. The van der Waals surface area contributed by atoms with Gasteiger partial charge in [0.05, 0.1) is 6.04 Å². The van der Waals surface area contributed by atoms with Crippen molar-refractivity contribution in [3.05, 3.63) is 0 Å². The highest BCUT2D eigenvalue weighted by molar-refractivity contribution is 6.27. The number of ketones is 1. The summed E-state index contributed by atoms with van der Waals surface area (Å²) in [5.74, 6) is -0.378. The Morgan fingerprint density at radius 1 is 1.47 bits per heavy atom. The summed E-state index contributed by atoms with van der Waals surface area (Å²) in [4.78, 5) is 23.3. The minimum Gasteiger partial charge on any atom is -0.307 e. The molecule has 0 aliphatic carbocycles. The maximum atomic E-state index is 10.9. The van der Waals surface area contributed by atoms with Gasteiger partial charge in [0.15, 0.2) is 6.29 Å². The standard InChI is InChI=1S/C11H22N2O2/c1-4-7-13(3)8-5-6-12-10(2)11(15)9-14/h9-10,12H,4-8H2,1-3H3. The summed E-state index contributed by atoms with van der Waals surface area (Å²) in [6.07, 6.45) is 2.53. The monoisotopic (exact) mass is 214 g/mol. The van der Waals surface area contributed by atoms with Gasteiger partial charge in [-0.1, -0.05) is 6.92 Å². The average molecular weight is 214 g/mol. The molecule has 0 aromatic carbocycles. The van der Waals surface area contributed by atoms with Crippen LogP contribution in [-0.2, 0) is 9.59 Å². The quantitative estimate of drug-likeness (QED) is 0.344. The Morgan fingerprint density at radius 2 is 2.13 bits per heavy atom.